The number of carbonyl (C=O) groups excluding carboxylic acids is 2. The van der Waals surface area contributed by atoms with Crippen molar-refractivity contribution in [1.82, 2.24) is 14.3 Å². The van der Waals surface area contributed by atoms with Crippen LogP contribution in [0.5, 0.6) is 0 Å². The van der Waals surface area contributed by atoms with E-state index in [0.717, 1.165) is 44.3 Å². The first kappa shape index (κ1) is 19.2. The van der Waals surface area contributed by atoms with Crippen molar-refractivity contribution in [2.45, 2.75) is 39.5 Å². The number of rotatable bonds is 3. The molecule has 150 valence electrons. The Hall–Kier alpha value is -3.15. The Morgan fingerprint density at radius 3 is 2.45 bits per heavy atom. The van der Waals surface area contributed by atoms with Gasteiger partial charge in [0.1, 0.15) is 0 Å². The van der Waals surface area contributed by atoms with E-state index in [9.17, 15) is 9.59 Å². The van der Waals surface area contributed by atoms with Gasteiger partial charge in [-0.05, 0) is 62.1 Å². The molecule has 1 aliphatic rings. The van der Waals surface area contributed by atoms with Crippen LogP contribution in [0.2, 0.25) is 0 Å². The first-order valence-corrected chi connectivity index (χ1v) is 10.2. The number of likely N-dealkylation sites (tertiary alicyclic amines) is 1. The average Bonchev–Trinajstić information content (AvgIpc) is 2.90. The molecule has 2 aromatic heterocycles. The van der Waals surface area contributed by atoms with E-state index in [1.54, 1.807) is 10.6 Å². The molecule has 1 aromatic carbocycles. The molecule has 0 unspecified atom stereocenters. The fourth-order valence-electron chi connectivity index (χ4n) is 3.79. The molecule has 0 bridgehead atoms. The van der Waals surface area contributed by atoms with Crippen molar-refractivity contribution in [3.05, 3.63) is 65.2 Å². The maximum atomic E-state index is 13.2. The average molecular weight is 390 g/mol. The zero-order valence-electron chi connectivity index (χ0n) is 16.9. The molecule has 1 N–H and O–H groups in total. The molecule has 1 aliphatic heterocycles. The molecule has 1 fully saturated rings. The fourth-order valence-corrected chi connectivity index (χ4v) is 3.79. The molecular formula is C23H26N4O2. The van der Waals surface area contributed by atoms with Crippen LogP contribution < -0.4 is 5.32 Å². The molecule has 2 amide bonds. The topological polar surface area (TPSA) is 66.7 Å². The normalized spacial score (nSPS) is 14.6. The minimum absolute atomic E-state index is 0.0965. The second-order valence-corrected chi connectivity index (χ2v) is 7.70. The van der Waals surface area contributed by atoms with Gasteiger partial charge in [0.15, 0.2) is 5.69 Å². The SMILES string of the molecule is Cc1ccc(NC(=O)c2nc(C(=O)N3CCCCCC3)c3ccccn23)cc1C. The molecule has 6 nitrogen and oxygen atoms in total. The Balaban J connectivity index is 1.67. The standard InChI is InChI=1S/C23H26N4O2/c1-16-10-11-18(15-17(16)2)24-22(28)21-25-20(19-9-5-8-14-27(19)21)23(29)26-12-6-3-4-7-13-26/h5,8-11,14-15H,3-4,6-7,12-13H2,1-2H3,(H,24,28). The molecule has 4 rings (SSSR count). The van der Waals surface area contributed by atoms with Crippen LogP contribution in [0.25, 0.3) is 5.52 Å². The third-order valence-electron chi connectivity index (χ3n) is 5.61. The van der Waals surface area contributed by atoms with Crippen LogP contribution in [0.15, 0.2) is 42.6 Å². The number of nitrogens with zero attached hydrogens (tertiary/aromatic N) is 3. The summed E-state index contributed by atoms with van der Waals surface area (Å²) in [7, 11) is 0. The van der Waals surface area contributed by atoms with E-state index in [2.05, 4.69) is 10.3 Å². The van der Waals surface area contributed by atoms with Gasteiger partial charge in [-0.3, -0.25) is 14.0 Å². The first-order chi connectivity index (χ1) is 14.0. The van der Waals surface area contributed by atoms with Crippen molar-refractivity contribution in [3.63, 3.8) is 0 Å². The van der Waals surface area contributed by atoms with Crippen molar-refractivity contribution < 1.29 is 9.59 Å². The summed E-state index contributed by atoms with van der Waals surface area (Å²) in [5.74, 6) is -0.206. The molecule has 6 heteroatoms. The van der Waals surface area contributed by atoms with Gasteiger partial charge in [-0.15, -0.1) is 0 Å². The number of hydrogen-bond donors (Lipinski definition) is 1. The van der Waals surface area contributed by atoms with Gasteiger partial charge in [-0.25, -0.2) is 4.98 Å². The summed E-state index contributed by atoms with van der Waals surface area (Å²) in [4.78, 5) is 32.5. The quantitative estimate of drug-likeness (QED) is 0.728. The van der Waals surface area contributed by atoms with Gasteiger partial charge >= 0.3 is 0 Å². The van der Waals surface area contributed by atoms with Crippen LogP contribution in [0.1, 0.15) is 57.9 Å². The van der Waals surface area contributed by atoms with Crippen LogP contribution in [0.4, 0.5) is 5.69 Å². The number of benzene rings is 1. The number of hydrogen-bond acceptors (Lipinski definition) is 3. The number of nitrogens with one attached hydrogen (secondary N) is 1. The lowest BCUT2D eigenvalue weighted by Crippen LogP contribution is -2.32. The van der Waals surface area contributed by atoms with E-state index in [1.165, 1.54) is 5.56 Å². The van der Waals surface area contributed by atoms with Crippen LogP contribution in [0, 0.1) is 13.8 Å². The second kappa shape index (κ2) is 8.07. The molecular weight excluding hydrogens is 364 g/mol. The Kier molecular flexibility index (Phi) is 5.34. The van der Waals surface area contributed by atoms with Crippen LogP contribution in [-0.2, 0) is 0 Å². The van der Waals surface area contributed by atoms with E-state index >= 15 is 0 Å². The predicted octanol–water partition coefficient (Wildman–Crippen LogP) is 4.22. The van der Waals surface area contributed by atoms with E-state index < -0.39 is 0 Å². The van der Waals surface area contributed by atoms with Gasteiger partial charge in [0.25, 0.3) is 11.8 Å². The number of anilines is 1. The molecule has 0 atom stereocenters. The number of pyridine rings is 1. The summed E-state index contributed by atoms with van der Waals surface area (Å²) in [6.45, 7) is 5.53. The van der Waals surface area contributed by atoms with Gasteiger partial charge < -0.3 is 10.2 Å². The highest BCUT2D eigenvalue weighted by atomic mass is 16.2. The van der Waals surface area contributed by atoms with Crippen LogP contribution >= 0.6 is 0 Å². The van der Waals surface area contributed by atoms with Gasteiger partial charge in [-0.1, -0.05) is 25.0 Å². The van der Waals surface area contributed by atoms with Gasteiger partial charge in [-0.2, -0.15) is 0 Å². The Morgan fingerprint density at radius 2 is 1.72 bits per heavy atom. The number of aromatic nitrogens is 2. The number of imidazole rings is 1. The Labute approximate surface area is 170 Å². The highest BCUT2D eigenvalue weighted by molar-refractivity contribution is 6.06. The third kappa shape index (κ3) is 3.88. The third-order valence-corrected chi connectivity index (χ3v) is 5.61. The van der Waals surface area contributed by atoms with E-state index in [0.29, 0.717) is 16.9 Å². The molecule has 0 radical (unpaired) electrons. The molecule has 3 heterocycles. The predicted molar refractivity (Wildman–Crippen MR) is 113 cm³/mol. The summed E-state index contributed by atoms with van der Waals surface area (Å²) in [5.41, 5.74) is 3.99. The lowest BCUT2D eigenvalue weighted by atomic mass is 10.1. The fraction of sp³-hybridized carbons (Fsp3) is 0.348. The zero-order valence-corrected chi connectivity index (χ0v) is 16.9. The van der Waals surface area contributed by atoms with Crippen molar-refractivity contribution in [2.75, 3.05) is 18.4 Å². The highest BCUT2D eigenvalue weighted by Crippen LogP contribution is 2.20. The minimum atomic E-state index is -0.329. The van der Waals surface area contributed by atoms with Gasteiger partial charge in [0.05, 0.1) is 5.52 Å². The van der Waals surface area contributed by atoms with E-state index in [4.69, 9.17) is 0 Å². The summed E-state index contributed by atoms with van der Waals surface area (Å²) >= 11 is 0. The monoisotopic (exact) mass is 390 g/mol. The summed E-state index contributed by atoms with van der Waals surface area (Å²) < 4.78 is 1.70. The Morgan fingerprint density at radius 1 is 0.966 bits per heavy atom. The molecule has 1 saturated heterocycles. The first-order valence-electron chi connectivity index (χ1n) is 10.2. The number of carbonyl (C=O) groups is 2. The smallest absolute Gasteiger partial charge is 0.292 e. The zero-order chi connectivity index (χ0) is 20.4. The second-order valence-electron chi connectivity index (χ2n) is 7.70. The van der Waals surface area contributed by atoms with Gasteiger partial charge in [0.2, 0.25) is 5.82 Å². The molecule has 29 heavy (non-hydrogen) atoms. The van der Waals surface area contributed by atoms with Crippen molar-refractivity contribution in [2.24, 2.45) is 0 Å². The van der Waals surface area contributed by atoms with E-state index in [1.807, 2.05) is 55.1 Å². The largest absolute Gasteiger partial charge is 0.337 e. The van der Waals surface area contributed by atoms with Crippen molar-refractivity contribution >= 4 is 23.0 Å². The lowest BCUT2D eigenvalue weighted by molar-refractivity contribution is 0.0758. The van der Waals surface area contributed by atoms with E-state index in [-0.39, 0.29) is 17.6 Å². The molecule has 0 spiro atoms. The number of amides is 2. The highest BCUT2D eigenvalue weighted by Gasteiger charge is 2.25. The summed E-state index contributed by atoms with van der Waals surface area (Å²) in [6.07, 6.45) is 6.10. The van der Waals surface area contributed by atoms with Crippen LogP contribution in [-0.4, -0.2) is 39.2 Å². The molecule has 0 aliphatic carbocycles. The van der Waals surface area contributed by atoms with Crippen molar-refractivity contribution in [3.8, 4) is 0 Å². The lowest BCUT2D eigenvalue weighted by Gasteiger charge is -2.19. The summed E-state index contributed by atoms with van der Waals surface area (Å²) in [6, 6.07) is 11.3. The number of aryl methyl sites for hydroxylation is 2. The molecule has 0 saturated carbocycles. The van der Waals surface area contributed by atoms with Gasteiger partial charge in [0, 0.05) is 25.0 Å². The maximum Gasteiger partial charge on any atom is 0.292 e. The minimum Gasteiger partial charge on any atom is -0.337 e. The number of fused-ring (bicyclic) bond motifs is 1. The Bertz CT molecular complexity index is 1060. The summed E-state index contributed by atoms with van der Waals surface area (Å²) in [5, 5.41) is 2.91. The maximum absolute atomic E-state index is 13.2. The van der Waals surface area contributed by atoms with Crippen LogP contribution in [0.3, 0.4) is 0 Å². The van der Waals surface area contributed by atoms with Crippen molar-refractivity contribution in [1.29, 1.82) is 0 Å². The molecule has 3 aromatic rings.